The van der Waals surface area contributed by atoms with Crippen LogP contribution in [0.2, 0.25) is 0 Å². The second kappa shape index (κ2) is 9.20. The predicted octanol–water partition coefficient (Wildman–Crippen LogP) is 5.56. The van der Waals surface area contributed by atoms with Crippen molar-refractivity contribution in [3.05, 3.63) is 94.8 Å². The molecular weight excluding hydrogens is 468 g/mol. The minimum atomic E-state index is -0.372. The van der Waals surface area contributed by atoms with Crippen molar-refractivity contribution in [3.63, 3.8) is 0 Å². The number of methoxy groups -OCH3 is 2. The molecule has 188 valence electrons. The Morgan fingerprint density at radius 2 is 1.76 bits per heavy atom. The van der Waals surface area contributed by atoms with Gasteiger partial charge in [0.2, 0.25) is 5.95 Å². The smallest absolute Gasteiger partial charge is 0.226 e. The molecule has 1 N–H and O–H groups in total. The molecule has 8 nitrogen and oxygen atoms in total. The molecule has 0 bridgehead atoms. The number of aryl methyl sites for hydroxylation is 1. The van der Waals surface area contributed by atoms with Gasteiger partial charge in [-0.1, -0.05) is 29.8 Å². The number of rotatable bonds is 6. The van der Waals surface area contributed by atoms with E-state index in [9.17, 15) is 0 Å². The van der Waals surface area contributed by atoms with Gasteiger partial charge in [-0.05, 0) is 61.4 Å². The van der Waals surface area contributed by atoms with E-state index in [0.717, 1.165) is 45.0 Å². The summed E-state index contributed by atoms with van der Waals surface area (Å²) in [7, 11) is 3.32. The van der Waals surface area contributed by atoms with Crippen molar-refractivity contribution in [1.29, 1.82) is 0 Å². The van der Waals surface area contributed by atoms with Gasteiger partial charge in [-0.3, -0.25) is 0 Å². The van der Waals surface area contributed by atoms with E-state index < -0.39 is 0 Å². The largest absolute Gasteiger partial charge is 0.497 e. The van der Waals surface area contributed by atoms with Crippen LogP contribution in [0.5, 0.6) is 23.0 Å². The van der Waals surface area contributed by atoms with E-state index in [1.807, 2.05) is 54.1 Å². The zero-order valence-corrected chi connectivity index (χ0v) is 21.2. The highest BCUT2D eigenvalue weighted by Crippen LogP contribution is 2.51. The molecule has 2 atom stereocenters. The minimum absolute atomic E-state index is 0.293. The summed E-state index contributed by atoms with van der Waals surface area (Å²) in [6, 6.07) is 19.9. The van der Waals surface area contributed by atoms with Gasteiger partial charge in [0.25, 0.3) is 0 Å². The molecule has 0 radical (unpaired) electrons. The summed E-state index contributed by atoms with van der Waals surface area (Å²) in [4.78, 5) is 4.52. The molecule has 6 rings (SSSR count). The predicted molar refractivity (Wildman–Crippen MR) is 140 cm³/mol. The molecule has 0 unspecified atom stereocenters. The van der Waals surface area contributed by atoms with Gasteiger partial charge < -0.3 is 24.3 Å². The first-order valence-corrected chi connectivity index (χ1v) is 12.2. The number of nitrogens with one attached hydrogen (secondary N) is 1. The van der Waals surface area contributed by atoms with E-state index in [1.54, 1.807) is 20.5 Å². The lowest BCUT2D eigenvalue weighted by Gasteiger charge is -2.39. The maximum Gasteiger partial charge on any atom is 0.226 e. The molecular formula is C29H28N4O4. The van der Waals surface area contributed by atoms with Crippen LogP contribution in [-0.2, 0) is 0 Å². The first-order chi connectivity index (χ1) is 18.1. The third-order valence-corrected chi connectivity index (χ3v) is 6.79. The van der Waals surface area contributed by atoms with Crippen LogP contribution >= 0.6 is 0 Å². The Kier molecular flexibility index (Phi) is 5.71. The molecule has 1 aromatic heterocycles. The molecule has 2 aliphatic heterocycles. The molecule has 37 heavy (non-hydrogen) atoms. The zero-order chi connectivity index (χ0) is 25.5. The maximum atomic E-state index is 6.72. The fourth-order valence-corrected chi connectivity index (χ4v) is 5.09. The summed E-state index contributed by atoms with van der Waals surface area (Å²) in [6.07, 6.45) is 1.20. The Balaban J connectivity index is 1.59. The van der Waals surface area contributed by atoms with Crippen molar-refractivity contribution < 1.29 is 18.9 Å². The van der Waals surface area contributed by atoms with Crippen LogP contribution in [0.1, 0.15) is 41.3 Å². The van der Waals surface area contributed by atoms with E-state index in [0.29, 0.717) is 24.1 Å². The zero-order valence-electron chi connectivity index (χ0n) is 21.2. The van der Waals surface area contributed by atoms with Crippen LogP contribution < -0.4 is 24.3 Å². The number of fused-ring (bicyclic) bond motifs is 3. The van der Waals surface area contributed by atoms with Crippen molar-refractivity contribution >= 4 is 11.6 Å². The summed E-state index contributed by atoms with van der Waals surface area (Å²) in [6.45, 7) is 4.59. The third-order valence-electron chi connectivity index (χ3n) is 6.79. The Labute approximate surface area is 215 Å². The molecule has 3 aromatic carbocycles. The summed E-state index contributed by atoms with van der Waals surface area (Å²) < 4.78 is 25.5. The van der Waals surface area contributed by atoms with Gasteiger partial charge in [-0.25, -0.2) is 4.68 Å². The highest BCUT2D eigenvalue weighted by molar-refractivity contribution is 5.85. The van der Waals surface area contributed by atoms with Gasteiger partial charge in [0.15, 0.2) is 11.5 Å². The number of nitrogens with zero attached hydrogens (tertiary/aromatic N) is 3. The first kappa shape index (κ1) is 23.0. The number of anilines is 1. The number of aromatic nitrogens is 3. The van der Waals surface area contributed by atoms with Crippen LogP contribution in [0.4, 0.5) is 5.95 Å². The van der Waals surface area contributed by atoms with Crippen LogP contribution in [0.15, 0.2) is 72.6 Å². The first-order valence-electron chi connectivity index (χ1n) is 12.2. The number of ether oxygens (including phenoxy) is 4. The van der Waals surface area contributed by atoms with Gasteiger partial charge in [0.05, 0.1) is 26.5 Å². The molecule has 0 amide bonds. The fraction of sp³-hybridized carbons (Fsp3) is 0.241. The average Bonchev–Trinajstić information content (AvgIpc) is 3.40. The van der Waals surface area contributed by atoms with E-state index in [2.05, 4.69) is 40.5 Å². The molecule has 4 aromatic rings. The molecule has 0 saturated heterocycles. The van der Waals surface area contributed by atoms with Crippen LogP contribution in [0, 0.1) is 6.92 Å². The van der Waals surface area contributed by atoms with Crippen molar-refractivity contribution in [2.75, 3.05) is 26.1 Å². The molecule has 8 heteroatoms. The highest BCUT2D eigenvalue weighted by Gasteiger charge is 2.41. The highest BCUT2D eigenvalue weighted by atomic mass is 16.5. The van der Waals surface area contributed by atoms with E-state index in [4.69, 9.17) is 18.9 Å². The quantitative estimate of drug-likeness (QED) is 0.374. The number of hydrogen-bond acceptors (Lipinski definition) is 7. The monoisotopic (exact) mass is 496 g/mol. The molecule has 3 heterocycles. The topological polar surface area (TPSA) is 79.7 Å². The second-order valence-electron chi connectivity index (χ2n) is 9.00. The molecule has 0 saturated carbocycles. The fourth-order valence-electron chi connectivity index (χ4n) is 5.09. The standard InChI is InChI=1S/C29H28N4O4/c1-5-36-23-13-9-19(15-24(23)35-4)27-25-26(32-29-30-16-31-33(27)29)21-14-17(2)6-12-22(21)37-28(25)18-7-10-20(34-3)11-8-18/h6-16,27-28H,5H2,1-4H3,(H,30,31,32)/t27-,28+/m0/s1. The Hall–Kier alpha value is -4.46. The van der Waals surface area contributed by atoms with Crippen LogP contribution in [0.25, 0.3) is 5.70 Å². The normalized spacial score (nSPS) is 17.6. The second-order valence-corrected chi connectivity index (χ2v) is 9.00. The van der Waals surface area contributed by atoms with Crippen LogP contribution in [-0.4, -0.2) is 35.6 Å². The SMILES string of the molecule is CCOc1ccc([C@H]2C3=C(Nc4ncnn42)c2cc(C)ccc2O[C@@H]3c2ccc(OC)cc2)cc1OC. The molecule has 0 fully saturated rings. The van der Waals surface area contributed by atoms with Crippen LogP contribution in [0.3, 0.4) is 0 Å². The van der Waals surface area contributed by atoms with Crippen molar-refractivity contribution in [2.24, 2.45) is 0 Å². The lowest BCUT2D eigenvalue weighted by Crippen LogP contribution is -2.32. The van der Waals surface area contributed by atoms with Gasteiger partial charge in [-0.15, -0.1) is 0 Å². The lowest BCUT2D eigenvalue weighted by molar-refractivity contribution is 0.222. The Bertz CT molecular complexity index is 1490. The van der Waals surface area contributed by atoms with E-state index in [1.165, 1.54) is 0 Å². The Morgan fingerprint density at radius 1 is 0.946 bits per heavy atom. The summed E-state index contributed by atoms with van der Waals surface area (Å²) in [5, 5.41) is 8.16. The summed E-state index contributed by atoms with van der Waals surface area (Å²) in [5.74, 6) is 3.63. The third kappa shape index (κ3) is 3.85. The number of hydrogen-bond donors (Lipinski definition) is 1. The van der Waals surface area contributed by atoms with Crippen molar-refractivity contribution in [1.82, 2.24) is 14.8 Å². The average molecular weight is 497 g/mol. The van der Waals surface area contributed by atoms with E-state index in [-0.39, 0.29) is 12.1 Å². The number of benzene rings is 3. The van der Waals surface area contributed by atoms with Crippen molar-refractivity contribution in [2.45, 2.75) is 26.0 Å². The Morgan fingerprint density at radius 3 is 2.51 bits per heavy atom. The molecule has 0 spiro atoms. The van der Waals surface area contributed by atoms with Gasteiger partial charge >= 0.3 is 0 Å². The maximum absolute atomic E-state index is 6.72. The summed E-state index contributed by atoms with van der Waals surface area (Å²) >= 11 is 0. The van der Waals surface area contributed by atoms with Gasteiger partial charge in [0.1, 0.15) is 30.0 Å². The lowest BCUT2D eigenvalue weighted by atomic mass is 9.84. The van der Waals surface area contributed by atoms with E-state index >= 15 is 0 Å². The van der Waals surface area contributed by atoms with Gasteiger partial charge in [-0.2, -0.15) is 10.1 Å². The molecule has 2 aliphatic rings. The van der Waals surface area contributed by atoms with Crippen molar-refractivity contribution in [3.8, 4) is 23.0 Å². The minimum Gasteiger partial charge on any atom is -0.497 e. The molecule has 0 aliphatic carbocycles. The van der Waals surface area contributed by atoms with Gasteiger partial charge in [0, 0.05) is 11.1 Å². The summed E-state index contributed by atoms with van der Waals surface area (Å²) in [5.41, 5.74) is 6.14.